The van der Waals surface area contributed by atoms with E-state index in [0.717, 1.165) is 37.0 Å². The van der Waals surface area contributed by atoms with Gasteiger partial charge in [0, 0.05) is 25.1 Å². The minimum Gasteiger partial charge on any atom is -0.484 e. The van der Waals surface area contributed by atoms with E-state index in [1.165, 1.54) is 9.71 Å². The summed E-state index contributed by atoms with van der Waals surface area (Å²) in [7, 11) is 0. The third kappa shape index (κ3) is 4.86. The van der Waals surface area contributed by atoms with Gasteiger partial charge in [-0.3, -0.25) is 9.59 Å². The number of piperidine rings is 1. The van der Waals surface area contributed by atoms with E-state index in [9.17, 15) is 9.59 Å². The molecule has 1 saturated heterocycles. The van der Waals surface area contributed by atoms with Crippen molar-refractivity contribution in [1.29, 1.82) is 0 Å². The van der Waals surface area contributed by atoms with Crippen molar-refractivity contribution in [2.45, 2.75) is 18.8 Å². The second kappa shape index (κ2) is 9.09. The molecule has 3 aromatic rings. The second-order valence-electron chi connectivity index (χ2n) is 7.28. The van der Waals surface area contributed by atoms with Crippen LogP contribution in [-0.2, 0) is 9.59 Å². The van der Waals surface area contributed by atoms with Gasteiger partial charge in [0.1, 0.15) is 5.75 Å². The SMILES string of the molecule is NC(=O)COc1ccc(/C=C/C(=O)N2CCC(c3nc4ccccc4s3)CC2)cc1. The average molecular weight is 422 g/mol. The standard InChI is InChI=1S/C23H23N3O3S/c24-21(27)15-29-18-8-5-16(6-9-18)7-10-22(28)26-13-11-17(12-14-26)23-25-19-3-1-2-4-20(19)30-23/h1-10,17H,11-15H2,(H2,24,27)/b10-7+. The lowest BCUT2D eigenvalue weighted by atomic mass is 9.97. The van der Waals surface area contributed by atoms with Crippen LogP contribution in [0.2, 0.25) is 0 Å². The van der Waals surface area contributed by atoms with Crippen molar-refractivity contribution in [3.8, 4) is 5.75 Å². The van der Waals surface area contributed by atoms with Crippen molar-refractivity contribution in [2.24, 2.45) is 5.73 Å². The number of ether oxygens (including phenoxy) is 1. The first-order valence-corrected chi connectivity index (χ1v) is 10.7. The van der Waals surface area contributed by atoms with Crippen molar-refractivity contribution in [2.75, 3.05) is 19.7 Å². The largest absolute Gasteiger partial charge is 0.484 e. The summed E-state index contributed by atoms with van der Waals surface area (Å²) in [4.78, 5) is 30.0. The Morgan fingerprint density at radius 3 is 2.57 bits per heavy atom. The van der Waals surface area contributed by atoms with E-state index in [2.05, 4.69) is 12.1 Å². The molecule has 0 atom stereocenters. The molecule has 0 bridgehead atoms. The summed E-state index contributed by atoms with van der Waals surface area (Å²) in [5.41, 5.74) is 7.01. The summed E-state index contributed by atoms with van der Waals surface area (Å²) < 4.78 is 6.45. The third-order valence-electron chi connectivity index (χ3n) is 5.15. The molecule has 7 heteroatoms. The van der Waals surface area contributed by atoms with Crippen LogP contribution in [0.5, 0.6) is 5.75 Å². The minimum atomic E-state index is -0.517. The van der Waals surface area contributed by atoms with Crippen LogP contribution in [0.1, 0.15) is 29.3 Å². The van der Waals surface area contributed by atoms with E-state index >= 15 is 0 Å². The number of nitrogens with zero attached hydrogens (tertiary/aromatic N) is 2. The number of thiazole rings is 1. The highest BCUT2D eigenvalue weighted by Gasteiger charge is 2.25. The zero-order chi connectivity index (χ0) is 20.9. The Bertz CT molecular complexity index is 1030. The lowest BCUT2D eigenvalue weighted by Crippen LogP contribution is -2.36. The number of aromatic nitrogens is 1. The summed E-state index contributed by atoms with van der Waals surface area (Å²) in [6.07, 6.45) is 5.27. The molecule has 2 amide bonds. The molecule has 0 saturated carbocycles. The lowest BCUT2D eigenvalue weighted by Gasteiger charge is -2.30. The summed E-state index contributed by atoms with van der Waals surface area (Å²) in [5.74, 6) is 0.487. The molecular weight excluding hydrogens is 398 g/mol. The maximum absolute atomic E-state index is 12.5. The Kier molecular flexibility index (Phi) is 6.09. The summed E-state index contributed by atoms with van der Waals surface area (Å²) >= 11 is 1.76. The Morgan fingerprint density at radius 1 is 1.13 bits per heavy atom. The fourth-order valence-electron chi connectivity index (χ4n) is 3.51. The van der Waals surface area contributed by atoms with Crippen LogP contribution >= 0.6 is 11.3 Å². The molecule has 30 heavy (non-hydrogen) atoms. The van der Waals surface area contributed by atoms with Crippen LogP contribution in [0, 0.1) is 0 Å². The summed E-state index contributed by atoms with van der Waals surface area (Å²) in [6, 6.07) is 15.4. The van der Waals surface area contributed by atoms with Crippen LogP contribution in [0.3, 0.4) is 0 Å². The maximum atomic E-state index is 12.5. The van der Waals surface area contributed by atoms with Crippen molar-refractivity contribution < 1.29 is 14.3 Å². The zero-order valence-electron chi connectivity index (χ0n) is 16.5. The third-order valence-corrected chi connectivity index (χ3v) is 6.34. The molecule has 1 aliphatic heterocycles. The number of hydrogen-bond donors (Lipinski definition) is 1. The fraction of sp³-hybridized carbons (Fsp3) is 0.261. The number of amides is 2. The van der Waals surface area contributed by atoms with Gasteiger partial charge in [-0.25, -0.2) is 4.98 Å². The van der Waals surface area contributed by atoms with Gasteiger partial charge >= 0.3 is 0 Å². The first-order chi connectivity index (χ1) is 14.6. The number of rotatable bonds is 6. The van der Waals surface area contributed by atoms with E-state index in [1.807, 2.05) is 29.2 Å². The van der Waals surface area contributed by atoms with Gasteiger partial charge in [0.2, 0.25) is 5.91 Å². The van der Waals surface area contributed by atoms with E-state index in [4.69, 9.17) is 15.5 Å². The number of carbonyl (C=O) groups excluding carboxylic acids is 2. The number of nitrogens with two attached hydrogens (primary N) is 1. The molecule has 0 spiro atoms. The molecule has 2 heterocycles. The molecule has 0 aliphatic carbocycles. The predicted octanol–water partition coefficient (Wildman–Crippen LogP) is 3.58. The quantitative estimate of drug-likeness (QED) is 0.617. The number of fused-ring (bicyclic) bond motifs is 1. The van der Waals surface area contributed by atoms with Gasteiger partial charge in [0.15, 0.2) is 6.61 Å². The van der Waals surface area contributed by atoms with Gasteiger partial charge in [0.25, 0.3) is 5.91 Å². The fourth-order valence-corrected chi connectivity index (χ4v) is 4.65. The number of hydrogen-bond acceptors (Lipinski definition) is 5. The van der Waals surface area contributed by atoms with Crippen LogP contribution in [0.4, 0.5) is 0 Å². The number of benzene rings is 2. The second-order valence-corrected chi connectivity index (χ2v) is 8.34. The van der Waals surface area contributed by atoms with Crippen molar-refractivity contribution in [3.05, 3.63) is 65.2 Å². The zero-order valence-corrected chi connectivity index (χ0v) is 17.3. The van der Waals surface area contributed by atoms with Gasteiger partial charge < -0.3 is 15.4 Å². The molecule has 2 aromatic carbocycles. The molecule has 4 rings (SSSR count). The average Bonchev–Trinajstić information content (AvgIpc) is 3.21. The molecule has 0 unspecified atom stereocenters. The van der Waals surface area contributed by atoms with Crippen LogP contribution in [-0.4, -0.2) is 41.4 Å². The van der Waals surface area contributed by atoms with Gasteiger partial charge in [-0.15, -0.1) is 11.3 Å². The van der Waals surface area contributed by atoms with Gasteiger partial charge in [0.05, 0.1) is 15.2 Å². The number of primary amides is 1. The smallest absolute Gasteiger partial charge is 0.255 e. The molecule has 2 N–H and O–H groups in total. The Balaban J connectivity index is 1.30. The normalized spacial score (nSPS) is 15.0. The van der Waals surface area contributed by atoms with Gasteiger partial charge in [-0.05, 0) is 48.7 Å². The highest BCUT2D eigenvalue weighted by molar-refractivity contribution is 7.18. The molecule has 154 valence electrons. The van der Waals surface area contributed by atoms with Crippen LogP contribution in [0.15, 0.2) is 54.6 Å². The van der Waals surface area contributed by atoms with Gasteiger partial charge in [-0.1, -0.05) is 24.3 Å². The van der Waals surface area contributed by atoms with E-state index in [1.54, 1.807) is 35.6 Å². The lowest BCUT2D eigenvalue weighted by molar-refractivity contribution is -0.127. The van der Waals surface area contributed by atoms with E-state index in [0.29, 0.717) is 11.7 Å². The van der Waals surface area contributed by atoms with Gasteiger partial charge in [-0.2, -0.15) is 0 Å². The van der Waals surface area contributed by atoms with Crippen molar-refractivity contribution in [3.63, 3.8) is 0 Å². The Hall–Kier alpha value is -3.19. The predicted molar refractivity (Wildman–Crippen MR) is 118 cm³/mol. The van der Waals surface area contributed by atoms with Crippen LogP contribution < -0.4 is 10.5 Å². The minimum absolute atomic E-state index is 0.0202. The van der Waals surface area contributed by atoms with Crippen molar-refractivity contribution >= 4 is 39.4 Å². The number of likely N-dealkylation sites (tertiary alicyclic amines) is 1. The first kappa shape index (κ1) is 20.1. The highest BCUT2D eigenvalue weighted by atomic mass is 32.1. The van der Waals surface area contributed by atoms with Crippen LogP contribution in [0.25, 0.3) is 16.3 Å². The highest BCUT2D eigenvalue weighted by Crippen LogP contribution is 2.33. The summed E-state index contributed by atoms with van der Waals surface area (Å²) in [6.45, 7) is 1.33. The monoisotopic (exact) mass is 421 g/mol. The number of para-hydroxylation sites is 1. The molecule has 0 radical (unpaired) electrons. The Labute approximate surface area is 179 Å². The topological polar surface area (TPSA) is 85.5 Å². The van der Waals surface area contributed by atoms with E-state index < -0.39 is 5.91 Å². The molecular formula is C23H23N3O3S. The maximum Gasteiger partial charge on any atom is 0.255 e. The summed E-state index contributed by atoms with van der Waals surface area (Å²) in [5, 5.41) is 1.18. The molecule has 1 aliphatic rings. The molecule has 1 fully saturated rings. The number of carbonyl (C=O) groups is 2. The Morgan fingerprint density at radius 2 is 1.87 bits per heavy atom. The van der Waals surface area contributed by atoms with Crippen molar-refractivity contribution in [1.82, 2.24) is 9.88 Å². The van der Waals surface area contributed by atoms with E-state index in [-0.39, 0.29) is 12.5 Å². The molecule has 6 nitrogen and oxygen atoms in total. The first-order valence-electron chi connectivity index (χ1n) is 9.92. The molecule has 1 aromatic heterocycles.